The van der Waals surface area contributed by atoms with Crippen LogP contribution in [0.3, 0.4) is 0 Å². The molecule has 4 heteroatoms. The van der Waals surface area contributed by atoms with Crippen LogP contribution in [0.15, 0.2) is 29.8 Å². The molecule has 18 heavy (non-hydrogen) atoms. The molecule has 0 unspecified atom stereocenters. The van der Waals surface area contributed by atoms with Gasteiger partial charge in [0.15, 0.2) is 0 Å². The summed E-state index contributed by atoms with van der Waals surface area (Å²) in [6.45, 7) is 4.55. The van der Waals surface area contributed by atoms with Crippen molar-refractivity contribution in [1.29, 1.82) is 0 Å². The molecule has 3 nitrogen and oxygen atoms in total. The number of carbonyl (C=O) groups is 1. The Balaban J connectivity index is 1.96. The lowest BCUT2D eigenvalue weighted by Crippen LogP contribution is -2.27. The van der Waals surface area contributed by atoms with E-state index in [1.165, 1.54) is 0 Å². The van der Waals surface area contributed by atoms with Gasteiger partial charge >= 0.3 is 0 Å². The van der Waals surface area contributed by atoms with Gasteiger partial charge in [0.25, 0.3) is 5.91 Å². The number of carbonyl (C=O) groups excluding carboxylic acids is 1. The van der Waals surface area contributed by atoms with Crippen molar-refractivity contribution in [3.05, 3.63) is 51.5 Å². The Bertz CT molecular complexity index is 514. The van der Waals surface area contributed by atoms with E-state index in [2.05, 4.69) is 10.3 Å². The maximum Gasteiger partial charge on any atom is 0.251 e. The Morgan fingerprint density at radius 3 is 2.67 bits per heavy atom. The van der Waals surface area contributed by atoms with Crippen LogP contribution < -0.4 is 5.32 Å². The van der Waals surface area contributed by atoms with Gasteiger partial charge in [-0.1, -0.05) is 18.2 Å². The molecule has 1 heterocycles. The third-order valence-corrected chi connectivity index (χ3v) is 3.66. The Morgan fingerprint density at radius 1 is 1.33 bits per heavy atom. The SMILES string of the molecule is Cc1cccc(C)c1C(=O)NCCc1nccs1. The summed E-state index contributed by atoms with van der Waals surface area (Å²) < 4.78 is 0. The van der Waals surface area contributed by atoms with Crippen LogP contribution >= 0.6 is 11.3 Å². The Morgan fingerprint density at radius 2 is 2.06 bits per heavy atom. The number of benzene rings is 1. The second-order valence-corrected chi connectivity index (χ2v) is 5.18. The molecule has 0 aliphatic rings. The van der Waals surface area contributed by atoms with Gasteiger partial charge in [-0.15, -0.1) is 11.3 Å². The third kappa shape index (κ3) is 2.96. The molecule has 0 saturated carbocycles. The smallest absolute Gasteiger partial charge is 0.251 e. The summed E-state index contributed by atoms with van der Waals surface area (Å²) in [6, 6.07) is 5.89. The van der Waals surface area contributed by atoms with Crippen LogP contribution in [0.5, 0.6) is 0 Å². The highest BCUT2D eigenvalue weighted by Gasteiger charge is 2.11. The van der Waals surface area contributed by atoms with Crippen LogP contribution in [0.4, 0.5) is 0 Å². The van der Waals surface area contributed by atoms with Crippen molar-refractivity contribution in [2.75, 3.05) is 6.54 Å². The highest BCUT2D eigenvalue weighted by Crippen LogP contribution is 2.13. The van der Waals surface area contributed by atoms with Gasteiger partial charge in [-0.3, -0.25) is 4.79 Å². The van der Waals surface area contributed by atoms with E-state index in [-0.39, 0.29) is 5.91 Å². The number of hydrogen-bond acceptors (Lipinski definition) is 3. The monoisotopic (exact) mass is 260 g/mol. The van der Waals surface area contributed by atoms with E-state index in [9.17, 15) is 4.79 Å². The molecule has 2 aromatic rings. The van der Waals surface area contributed by atoms with E-state index >= 15 is 0 Å². The first-order valence-corrected chi connectivity index (χ1v) is 6.79. The zero-order valence-corrected chi connectivity index (χ0v) is 11.4. The van der Waals surface area contributed by atoms with Crippen molar-refractivity contribution in [2.45, 2.75) is 20.3 Å². The predicted molar refractivity (Wildman–Crippen MR) is 74.1 cm³/mol. The van der Waals surface area contributed by atoms with E-state index in [1.807, 2.05) is 37.4 Å². The average Bonchev–Trinajstić information content (AvgIpc) is 2.82. The Kier molecular flexibility index (Phi) is 4.10. The van der Waals surface area contributed by atoms with Crippen molar-refractivity contribution < 1.29 is 4.79 Å². The second kappa shape index (κ2) is 5.78. The number of amides is 1. The number of aryl methyl sites for hydroxylation is 2. The molecule has 0 aliphatic heterocycles. The molecule has 2 rings (SSSR count). The van der Waals surface area contributed by atoms with Crippen molar-refractivity contribution >= 4 is 17.2 Å². The maximum atomic E-state index is 12.1. The lowest BCUT2D eigenvalue weighted by atomic mass is 10.0. The van der Waals surface area contributed by atoms with Crippen LogP contribution in [0.25, 0.3) is 0 Å². The van der Waals surface area contributed by atoms with Crippen LogP contribution in [-0.4, -0.2) is 17.4 Å². The largest absolute Gasteiger partial charge is 0.352 e. The molecule has 0 fully saturated rings. The highest BCUT2D eigenvalue weighted by molar-refractivity contribution is 7.09. The molecule has 1 aromatic heterocycles. The maximum absolute atomic E-state index is 12.1. The second-order valence-electron chi connectivity index (χ2n) is 4.20. The normalized spacial score (nSPS) is 10.3. The molecule has 94 valence electrons. The van der Waals surface area contributed by atoms with Gasteiger partial charge in [0.2, 0.25) is 0 Å². The lowest BCUT2D eigenvalue weighted by Gasteiger charge is -2.09. The van der Waals surface area contributed by atoms with Gasteiger partial charge in [-0.25, -0.2) is 4.98 Å². The average molecular weight is 260 g/mol. The summed E-state index contributed by atoms with van der Waals surface area (Å²) in [7, 11) is 0. The zero-order chi connectivity index (χ0) is 13.0. The minimum absolute atomic E-state index is 0.00200. The van der Waals surface area contributed by atoms with Gasteiger partial charge in [-0.2, -0.15) is 0 Å². The molecule has 0 saturated heterocycles. The van der Waals surface area contributed by atoms with E-state index in [0.29, 0.717) is 6.54 Å². The number of thiazole rings is 1. The lowest BCUT2D eigenvalue weighted by molar-refractivity contribution is 0.0953. The van der Waals surface area contributed by atoms with Gasteiger partial charge in [-0.05, 0) is 25.0 Å². The van der Waals surface area contributed by atoms with Crippen LogP contribution in [0.2, 0.25) is 0 Å². The van der Waals surface area contributed by atoms with Crippen LogP contribution in [0.1, 0.15) is 26.5 Å². The van der Waals surface area contributed by atoms with Gasteiger partial charge in [0.05, 0.1) is 5.01 Å². The third-order valence-electron chi connectivity index (χ3n) is 2.82. The van der Waals surface area contributed by atoms with Crippen LogP contribution in [0, 0.1) is 13.8 Å². The van der Waals surface area contributed by atoms with Crippen molar-refractivity contribution in [2.24, 2.45) is 0 Å². The first kappa shape index (κ1) is 12.8. The zero-order valence-electron chi connectivity index (χ0n) is 10.6. The summed E-state index contributed by atoms with van der Waals surface area (Å²) in [5.41, 5.74) is 2.82. The minimum atomic E-state index is 0.00200. The molecular formula is C14H16N2OS. The molecular weight excluding hydrogens is 244 g/mol. The van der Waals surface area contributed by atoms with E-state index < -0.39 is 0 Å². The quantitative estimate of drug-likeness (QED) is 0.918. The molecule has 0 aliphatic carbocycles. The van der Waals surface area contributed by atoms with Gasteiger partial charge in [0, 0.05) is 30.1 Å². The van der Waals surface area contributed by atoms with Crippen molar-refractivity contribution in [3.8, 4) is 0 Å². The molecule has 0 spiro atoms. The predicted octanol–water partition coefficient (Wildman–Crippen LogP) is 2.73. The number of nitrogens with one attached hydrogen (secondary N) is 1. The number of hydrogen-bond donors (Lipinski definition) is 1. The standard InChI is InChI=1S/C14H16N2OS/c1-10-4-3-5-11(2)13(10)14(17)16-7-6-12-15-8-9-18-12/h3-5,8-9H,6-7H2,1-2H3,(H,16,17). The van der Waals surface area contributed by atoms with Gasteiger partial charge in [0.1, 0.15) is 0 Å². The fraction of sp³-hybridized carbons (Fsp3) is 0.286. The molecule has 1 amide bonds. The molecule has 1 N–H and O–H groups in total. The Labute approximate surface area is 111 Å². The topological polar surface area (TPSA) is 42.0 Å². The summed E-state index contributed by atoms with van der Waals surface area (Å²) in [5, 5.41) is 5.95. The Hall–Kier alpha value is -1.68. The number of aromatic nitrogens is 1. The fourth-order valence-electron chi connectivity index (χ4n) is 1.92. The van der Waals surface area contributed by atoms with E-state index in [0.717, 1.165) is 28.1 Å². The van der Waals surface area contributed by atoms with Crippen molar-refractivity contribution in [3.63, 3.8) is 0 Å². The molecule has 0 radical (unpaired) electrons. The summed E-state index contributed by atoms with van der Waals surface area (Å²) in [5.74, 6) is 0.00200. The summed E-state index contributed by atoms with van der Waals surface area (Å²) >= 11 is 1.61. The highest BCUT2D eigenvalue weighted by atomic mass is 32.1. The minimum Gasteiger partial charge on any atom is -0.352 e. The number of rotatable bonds is 4. The van der Waals surface area contributed by atoms with E-state index in [1.54, 1.807) is 17.5 Å². The summed E-state index contributed by atoms with van der Waals surface area (Å²) in [4.78, 5) is 16.3. The summed E-state index contributed by atoms with van der Waals surface area (Å²) in [6.07, 6.45) is 2.57. The molecule has 1 aromatic carbocycles. The number of nitrogens with zero attached hydrogens (tertiary/aromatic N) is 1. The fourth-order valence-corrected chi connectivity index (χ4v) is 2.54. The first-order chi connectivity index (χ1) is 8.68. The molecule has 0 atom stereocenters. The van der Waals surface area contributed by atoms with E-state index in [4.69, 9.17) is 0 Å². The van der Waals surface area contributed by atoms with Crippen molar-refractivity contribution in [1.82, 2.24) is 10.3 Å². The van der Waals surface area contributed by atoms with Crippen LogP contribution in [-0.2, 0) is 6.42 Å². The first-order valence-electron chi connectivity index (χ1n) is 5.91. The van der Waals surface area contributed by atoms with Gasteiger partial charge < -0.3 is 5.32 Å². The molecule has 0 bridgehead atoms.